The molecule has 28 heavy (non-hydrogen) atoms. The summed E-state index contributed by atoms with van der Waals surface area (Å²) in [6.07, 6.45) is 0.423. The van der Waals surface area contributed by atoms with E-state index in [-0.39, 0.29) is 25.8 Å². The van der Waals surface area contributed by atoms with Crippen molar-refractivity contribution in [2.45, 2.75) is 43.5 Å². The van der Waals surface area contributed by atoms with E-state index in [1.165, 1.54) is 19.1 Å². The predicted molar refractivity (Wildman–Crippen MR) is 98.9 cm³/mol. The van der Waals surface area contributed by atoms with Gasteiger partial charge in [0.05, 0.1) is 11.4 Å². The standard InChI is InChI=1S/C18H24FN3O5S/c1-12(18(20)25)7-8-17(24)22(15-6-3-9-21-11-16(15)23)28(26,27)14-5-2-4-13(19)10-14/h2,4-5,10,12,15,21H,3,6-9,11H2,1H3,(H2,20,25)/t12?,15-/m0/s1. The topological polar surface area (TPSA) is 127 Å². The summed E-state index contributed by atoms with van der Waals surface area (Å²) >= 11 is 0. The molecule has 2 amide bonds. The van der Waals surface area contributed by atoms with Crippen LogP contribution in [-0.2, 0) is 24.4 Å². The Kier molecular flexibility index (Phi) is 7.25. The summed E-state index contributed by atoms with van der Waals surface area (Å²) < 4.78 is 40.4. The van der Waals surface area contributed by atoms with Crippen LogP contribution in [0.2, 0.25) is 0 Å². The lowest BCUT2D eigenvalue weighted by Crippen LogP contribution is -2.49. The van der Waals surface area contributed by atoms with Crippen LogP contribution in [0.3, 0.4) is 0 Å². The highest BCUT2D eigenvalue weighted by Crippen LogP contribution is 2.24. The average Bonchev–Trinajstić information content (AvgIpc) is 2.84. The van der Waals surface area contributed by atoms with Gasteiger partial charge in [-0.25, -0.2) is 17.1 Å². The monoisotopic (exact) mass is 413 g/mol. The van der Waals surface area contributed by atoms with E-state index < -0.39 is 50.3 Å². The molecule has 1 fully saturated rings. The lowest BCUT2D eigenvalue weighted by atomic mass is 10.0. The number of hydrogen-bond acceptors (Lipinski definition) is 6. The third kappa shape index (κ3) is 5.14. The predicted octanol–water partition coefficient (Wildman–Crippen LogP) is 0.566. The van der Waals surface area contributed by atoms with Gasteiger partial charge in [0.25, 0.3) is 10.0 Å². The van der Waals surface area contributed by atoms with Crippen molar-refractivity contribution in [3.8, 4) is 0 Å². The van der Waals surface area contributed by atoms with Crippen LogP contribution < -0.4 is 11.1 Å². The first-order valence-corrected chi connectivity index (χ1v) is 10.4. The van der Waals surface area contributed by atoms with Crippen LogP contribution in [0.25, 0.3) is 0 Å². The van der Waals surface area contributed by atoms with Gasteiger partial charge in [-0.15, -0.1) is 0 Å². The number of primary amides is 1. The van der Waals surface area contributed by atoms with Gasteiger partial charge < -0.3 is 11.1 Å². The number of rotatable bonds is 7. The Labute approximate surface area is 163 Å². The van der Waals surface area contributed by atoms with E-state index in [9.17, 15) is 27.2 Å². The molecule has 1 aliphatic heterocycles. The van der Waals surface area contributed by atoms with E-state index in [0.29, 0.717) is 17.3 Å². The summed E-state index contributed by atoms with van der Waals surface area (Å²) in [5.41, 5.74) is 5.19. The maximum Gasteiger partial charge on any atom is 0.267 e. The molecule has 8 nitrogen and oxygen atoms in total. The number of Topliss-reactive ketones (excluding diaryl/α,β-unsaturated/α-hetero) is 1. The van der Waals surface area contributed by atoms with E-state index in [1.807, 2.05) is 0 Å². The molecule has 154 valence electrons. The molecule has 0 spiro atoms. The Morgan fingerprint density at radius 3 is 2.75 bits per heavy atom. The fourth-order valence-electron chi connectivity index (χ4n) is 2.97. The van der Waals surface area contributed by atoms with Gasteiger partial charge in [0.15, 0.2) is 5.78 Å². The summed E-state index contributed by atoms with van der Waals surface area (Å²) in [5.74, 6) is -3.27. The van der Waals surface area contributed by atoms with Crippen molar-refractivity contribution < 1.29 is 27.2 Å². The van der Waals surface area contributed by atoms with Gasteiger partial charge in [-0.2, -0.15) is 0 Å². The van der Waals surface area contributed by atoms with Crippen molar-refractivity contribution in [1.82, 2.24) is 9.62 Å². The number of ketones is 1. The molecule has 10 heteroatoms. The SMILES string of the molecule is CC(CCC(=O)N([C@H]1CCCNCC1=O)S(=O)(=O)c1cccc(F)c1)C(N)=O. The lowest BCUT2D eigenvalue weighted by molar-refractivity contribution is -0.134. The fourth-order valence-corrected chi connectivity index (χ4v) is 4.62. The molecular weight excluding hydrogens is 389 g/mol. The van der Waals surface area contributed by atoms with Gasteiger partial charge in [0.2, 0.25) is 11.8 Å². The van der Waals surface area contributed by atoms with E-state index >= 15 is 0 Å². The zero-order valence-electron chi connectivity index (χ0n) is 15.6. The van der Waals surface area contributed by atoms with Gasteiger partial charge in [0, 0.05) is 12.3 Å². The van der Waals surface area contributed by atoms with Crippen LogP contribution >= 0.6 is 0 Å². The zero-order chi connectivity index (χ0) is 20.9. The Morgan fingerprint density at radius 1 is 1.39 bits per heavy atom. The largest absolute Gasteiger partial charge is 0.369 e. The minimum atomic E-state index is -4.46. The Balaban J connectivity index is 2.41. The fraction of sp³-hybridized carbons (Fsp3) is 0.500. The third-order valence-electron chi connectivity index (χ3n) is 4.66. The second kappa shape index (κ2) is 9.24. The Bertz CT molecular complexity index is 859. The van der Waals surface area contributed by atoms with Crippen molar-refractivity contribution in [2.24, 2.45) is 11.7 Å². The summed E-state index contributed by atoms with van der Waals surface area (Å²) in [6, 6.07) is 3.10. The smallest absolute Gasteiger partial charge is 0.267 e. The highest BCUT2D eigenvalue weighted by molar-refractivity contribution is 7.89. The molecule has 1 saturated heterocycles. The quantitative estimate of drug-likeness (QED) is 0.673. The minimum Gasteiger partial charge on any atom is -0.369 e. The number of nitrogens with two attached hydrogens (primary N) is 1. The molecule has 3 N–H and O–H groups in total. The molecule has 2 rings (SSSR count). The van der Waals surface area contributed by atoms with Gasteiger partial charge in [-0.3, -0.25) is 14.4 Å². The maximum absolute atomic E-state index is 13.6. The van der Waals surface area contributed by atoms with Crippen molar-refractivity contribution in [1.29, 1.82) is 0 Å². The number of carbonyl (C=O) groups is 3. The van der Waals surface area contributed by atoms with E-state index in [2.05, 4.69) is 5.32 Å². The number of amides is 2. The van der Waals surface area contributed by atoms with Crippen molar-refractivity contribution >= 4 is 27.6 Å². The third-order valence-corrected chi connectivity index (χ3v) is 6.49. The highest BCUT2D eigenvalue weighted by Gasteiger charge is 2.39. The van der Waals surface area contributed by atoms with Crippen LogP contribution in [0.4, 0.5) is 4.39 Å². The van der Waals surface area contributed by atoms with Crippen molar-refractivity contribution in [3.63, 3.8) is 0 Å². The molecule has 2 atom stereocenters. The van der Waals surface area contributed by atoms with Gasteiger partial charge in [0.1, 0.15) is 11.9 Å². The summed E-state index contributed by atoms with van der Waals surface area (Å²) in [7, 11) is -4.46. The molecule has 0 aliphatic carbocycles. The molecule has 0 bridgehead atoms. The van der Waals surface area contributed by atoms with Crippen LogP contribution in [0.15, 0.2) is 29.2 Å². The molecule has 1 aliphatic rings. The van der Waals surface area contributed by atoms with Gasteiger partial charge >= 0.3 is 0 Å². The normalized spacial score (nSPS) is 18.9. The van der Waals surface area contributed by atoms with Gasteiger partial charge in [-0.05, 0) is 44.0 Å². The molecule has 0 aromatic heterocycles. The number of carbonyl (C=O) groups excluding carboxylic acids is 3. The molecule has 1 heterocycles. The first kappa shape index (κ1) is 22.0. The van der Waals surface area contributed by atoms with Crippen molar-refractivity contribution in [2.75, 3.05) is 13.1 Å². The van der Waals surface area contributed by atoms with E-state index in [0.717, 1.165) is 12.1 Å². The minimum absolute atomic E-state index is 0.0441. The second-order valence-electron chi connectivity index (χ2n) is 6.80. The Morgan fingerprint density at radius 2 is 2.11 bits per heavy atom. The molecule has 1 aromatic carbocycles. The number of benzene rings is 1. The average molecular weight is 413 g/mol. The number of nitrogens with one attached hydrogen (secondary N) is 1. The first-order chi connectivity index (χ1) is 13.1. The molecule has 1 unspecified atom stereocenters. The first-order valence-electron chi connectivity index (χ1n) is 9.00. The zero-order valence-corrected chi connectivity index (χ0v) is 16.4. The number of halogens is 1. The molecule has 0 radical (unpaired) electrons. The maximum atomic E-state index is 13.6. The Hall–Kier alpha value is -2.33. The molecular formula is C18H24FN3O5S. The number of nitrogens with zero attached hydrogens (tertiary/aromatic N) is 1. The molecule has 0 saturated carbocycles. The van der Waals surface area contributed by atoms with E-state index in [1.54, 1.807) is 0 Å². The van der Waals surface area contributed by atoms with Crippen LogP contribution in [0, 0.1) is 11.7 Å². The van der Waals surface area contributed by atoms with Crippen molar-refractivity contribution in [3.05, 3.63) is 30.1 Å². The second-order valence-corrected chi connectivity index (χ2v) is 8.61. The summed E-state index contributed by atoms with van der Waals surface area (Å²) in [5, 5.41) is 2.88. The summed E-state index contributed by atoms with van der Waals surface area (Å²) in [6.45, 7) is 1.98. The highest BCUT2D eigenvalue weighted by atomic mass is 32.2. The van der Waals surface area contributed by atoms with Crippen LogP contribution in [-0.4, -0.2) is 49.5 Å². The summed E-state index contributed by atoms with van der Waals surface area (Å²) in [4.78, 5) is 36.1. The van der Waals surface area contributed by atoms with Gasteiger partial charge in [-0.1, -0.05) is 13.0 Å². The van der Waals surface area contributed by atoms with E-state index in [4.69, 9.17) is 5.73 Å². The van der Waals surface area contributed by atoms with Crippen LogP contribution in [0.1, 0.15) is 32.6 Å². The number of sulfonamides is 1. The lowest BCUT2D eigenvalue weighted by Gasteiger charge is -2.29. The number of hydrogen-bond donors (Lipinski definition) is 2. The van der Waals surface area contributed by atoms with Crippen LogP contribution in [0.5, 0.6) is 0 Å². The molecule has 1 aromatic rings.